The summed E-state index contributed by atoms with van der Waals surface area (Å²) in [6.07, 6.45) is 1.66. The number of likely N-dealkylation sites (tertiary alicyclic amines) is 1. The molecule has 1 atom stereocenters. The monoisotopic (exact) mass is 438 g/mol. The van der Waals surface area contributed by atoms with Crippen molar-refractivity contribution in [1.82, 2.24) is 15.8 Å². The van der Waals surface area contributed by atoms with E-state index in [0.717, 1.165) is 17.9 Å². The van der Waals surface area contributed by atoms with Crippen molar-refractivity contribution >= 4 is 23.4 Å². The Bertz CT molecular complexity index is 933. The molecule has 1 aliphatic rings. The molecular formula is C24H30N4O4. The molecular weight excluding hydrogens is 408 g/mol. The number of hydrogen-bond donors (Lipinski definition) is 2. The van der Waals surface area contributed by atoms with Crippen molar-refractivity contribution in [2.75, 3.05) is 38.7 Å². The molecule has 0 radical (unpaired) electrons. The normalized spacial score (nSPS) is 15.6. The number of hydrogen-bond acceptors (Lipinski definition) is 5. The lowest BCUT2D eigenvalue weighted by Gasteiger charge is -2.32. The molecule has 32 heavy (non-hydrogen) atoms. The summed E-state index contributed by atoms with van der Waals surface area (Å²) in [5.41, 5.74) is 6.33. The number of piperidine rings is 1. The highest BCUT2D eigenvalue weighted by Crippen LogP contribution is 2.18. The fraction of sp³-hybridized carbons (Fsp3) is 0.375. The Labute approximate surface area is 188 Å². The minimum atomic E-state index is -0.385. The standard InChI is InChI=1S/C24H30N4O4/c1-27(2)20-10-6-8-18(16-20)23(30)25-26-24(31)19-9-7-14-28(17-19)22(29)13-15-32-21-11-4-3-5-12-21/h3-6,8,10-12,16,19H,7,9,13-15,17H2,1-2H3,(H,25,30)(H,26,31). The topological polar surface area (TPSA) is 91.0 Å². The molecule has 170 valence electrons. The van der Waals surface area contributed by atoms with Gasteiger partial charge in [0.15, 0.2) is 0 Å². The van der Waals surface area contributed by atoms with E-state index in [-0.39, 0.29) is 36.7 Å². The summed E-state index contributed by atoms with van der Waals surface area (Å²) >= 11 is 0. The van der Waals surface area contributed by atoms with E-state index in [1.54, 1.807) is 23.1 Å². The van der Waals surface area contributed by atoms with Crippen molar-refractivity contribution in [1.29, 1.82) is 0 Å². The Hall–Kier alpha value is -3.55. The molecule has 3 rings (SSSR count). The zero-order valence-electron chi connectivity index (χ0n) is 18.5. The average molecular weight is 439 g/mol. The maximum Gasteiger partial charge on any atom is 0.269 e. The lowest BCUT2D eigenvalue weighted by molar-refractivity contribution is -0.136. The van der Waals surface area contributed by atoms with Gasteiger partial charge >= 0.3 is 0 Å². The van der Waals surface area contributed by atoms with Crippen molar-refractivity contribution in [3.63, 3.8) is 0 Å². The lowest BCUT2D eigenvalue weighted by atomic mass is 9.97. The van der Waals surface area contributed by atoms with Gasteiger partial charge in [-0.15, -0.1) is 0 Å². The predicted octanol–water partition coefficient (Wildman–Crippen LogP) is 2.22. The predicted molar refractivity (Wildman–Crippen MR) is 122 cm³/mol. The molecule has 0 spiro atoms. The molecule has 2 N–H and O–H groups in total. The number of rotatable bonds is 7. The first-order valence-electron chi connectivity index (χ1n) is 10.8. The zero-order chi connectivity index (χ0) is 22.9. The highest BCUT2D eigenvalue weighted by atomic mass is 16.5. The van der Waals surface area contributed by atoms with Crippen LogP contribution >= 0.6 is 0 Å². The van der Waals surface area contributed by atoms with Crippen molar-refractivity contribution < 1.29 is 19.1 Å². The fourth-order valence-electron chi connectivity index (χ4n) is 3.57. The maximum atomic E-state index is 12.6. The first-order valence-corrected chi connectivity index (χ1v) is 10.8. The van der Waals surface area contributed by atoms with E-state index in [1.165, 1.54) is 0 Å². The number of anilines is 1. The van der Waals surface area contributed by atoms with Crippen LogP contribution in [0.4, 0.5) is 5.69 Å². The second-order valence-electron chi connectivity index (χ2n) is 7.98. The molecule has 3 amide bonds. The van der Waals surface area contributed by atoms with Gasteiger partial charge in [0.05, 0.1) is 18.9 Å². The summed E-state index contributed by atoms with van der Waals surface area (Å²) in [7, 11) is 3.78. The summed E-state index contributed by atoms with van der Waals surface area (Å²) in [5.74, 6) is -0.355. The van der Waals surface area contributed by atoms with Crippen LogP contribution in [0.1, 0.15) is 29.6 Å². The minimum Gasteiger partial charge on any atom is -0.493 e. The quantitative estimate of drug-likeness (QED) is 0.647. The van der Waals surface area contributed by atoms with Gasteiger partial charge < -0.3 is 14.5 Å². The molecule has 2 aromatic rings. The number of amides is 3. The van der Waals surface area contributed by atoms with Crippen LogP contribution in [-0.4, -0.2) is 56.4 Å². The summed E-state index contributed by atoms with van der Waals surface area (Å²) < 4.78 is 5.59. The van der Waals surface area contributed by atoms with E-state index >= 15 is 0 Å². The van der Waals surface area contributed by atoms with Gasteiger partial charge in [-0.25, -0.2) is 0 Å². The number of hydrazine groups is 1. The summed E-state index contributed by atoms with van der Waals surface area (Å²) in [6.45, 7) is 1.25. The summed E-state index contributed by atoms with van der Waals surface area (Å²) in [4.78, 5) is 41.1. The third kappa shape index (κ3) is 6.47. The van der Waals surface area contributed by atoms with E-state index in [4.69, 9.17) is 4.74 Å². The first-order chi connectivity index (χ1) is 15.4. The molecule has 0 bridgehead atoms. The molecule has 8 heteroatoms. The van der Waals surface area contributed by atoms with E-state index in [2.05, 4.69) is 10.9 Å². The number of para-hydroxylation sites is 1. The van der Waals surface area contributed by atoms with Gasteiger partial charge in [-0.3, -0.25) is 25.2 Å². The van der Waals surface area contributed by atoms with Gasteiger partial charge in [-0.2, -0.15) is 0 Å². The first kappa shape index (κ1) is 23.1. The van der Waals surface area contributed by atoms with Crippen LogP contribution in [0.25, 0.3) is 0 Å². The molecule has 0 saturated carbocycles. The fourth-order valence-corrected chi connectivity index (χ4v) is 3.57. The van der Waals surface area contributed by atoms with Crippen molar-refractivity contribution in [3.8, 4) is 5.75 Å². The third-order valence-electron chi connectivity index (χ3n) is 5.40. The Morgan fingerprint density at radius 3 is 2.59 bits per heavy atom. The van der Waals surface area contributed by atoms with Crippen LogP contribution < -0.4 is 20.5 Å². The van der Waals surface area contributed by atoms with Crippen molar-refractivity contribution in [2.45, 2.75) is 19.3 Å². The van der Waals surface area contributed by atoms with Crippen LogP contribution in [0.5, 0.6) is 5.75 Å². The molecule has 0 aliphatic carbocycles. The second kappa shape index (κ2) is 11.2. The lowest BCUT2D eigenvalue weighted by Crippen LogP contribution is -2.50. The van der Waals surface area contributed by atoms with Crippen molar-refractivity contribution in [3.05, 3.63) is 60.2 Å². The number of carbonyl (C=O) groups excluding carboxylic acids is 3. The largest absolute Gasteiger partial charge is 0.493 e. The number of carbonyl (C=O) groups is 3. The van der Waals surface area contributed by atoms with Gasteiger partial charge in [-0.05, 0) is 43.2 Å². The van der Waals surface area contributed by atoms with Crippen LogP contribution in [0, 0.1) is 5.92 Å². The molecule has 1 fully saturated rings. The SMILES string of the molecule is CN(C)c1cccc(C(=O)NNC(=O)C2CCCN(C(=O)CCOc3ccccc3)C2)c1. The number of benzene rings is 2. The molecule has 2 aromatic carbocycles. The third-order valence-corrected chi connectivity index (χ3v) is 5.40. The second-order valence-corrected chi connectivity index (χ2v) is 7.98. The number of nitrogens with one attached hydrogen (secondary N) is 2. The average Bonchev–Trinajstić information content (AvgIpc) is 2.83. The molecule has 1 heterocycles. The van der Waals surface area contributed by atoms with E-state index in [0.29, 0.717) is 25.1 Å². The smallest absolute Gasteiger partial charge is 0.269 e. The van der Waals surface area contributed by atoms with Crippen LogP contribution in [0.3, 0.4) is 0 Å². The highest BCUT2D eigenvalue weighted by molar-refractivity contribution is 5.96. The van der Waals surface area contributed by atoms with Gasteiger partial charge in [0, 0.05) is 38.4 Å². The van der Waals surface area contributed by atoms with Gasteiger partial charge in [0.25, 0.3) is 5.91 Å². The molecule has 1 unspecified atom stereocenters. The summed E-state index contributed by atoms with van der Waals surface area (Å²) in [6, 6.07) is 16.5. The van der Waals surface area contributed by atoms with Crippen LogP contribution in [0.2, 0.25) is 0 Å². The molecule has 0 aromatic heterocycles. The Morgan fingerprint density at radius 1 is 1.06 bits per heavy atom. The van der Waals surface area contributed by atoms with Gasteiger partial charge in [0.2, 0.25) is 11.8 Å². The van der Waals surface area contributed by atoms with Gasteiger partial charge in [0.1, 0.15) is 5.75 Å². The molecule has 1 aliphatic heterocycles. The Morgan fingerprint density at radius 2 is 1.84 bits per heavy atom. The van der Waals surface area contributed by atoms with Crippen molar-refractivity contribution in [2.24, 2.45) is 5.92 Å². The Balaban J connectivity index is 1.44. The number of nitrogens with zero attached hydrogens (tertiary/aromatic N) is 2. The van der Waals surface area contributed by atoms with E-state index in [1.807, 2.05) is 55.4 Å². The number of ether oxygens (including phenoxy) is 1. The highest BCUT2D eigenvalue weighted by Gasteiger charge is 2.28. The van der Waals surface area contributed by atoms with E-state index < -0.39 is 0 Å². The van der Waals surface area contributed by atoms with Crippen LogP contribution in [-0.2, 0) is 9.59 Å². The zero-order valence-corrected chi connectivity index (χ0v) is 18.5. The van der Waals surface area contributed by atoms with Crippen LogP contribution in [0.15, 0.2) is 54.6 Å². The van der Waals surface area contributed by atoms with E-state index in [9.17, 15) is 14.4 Å². The minimum absolute atomic E-state index is 0.0389. The molecule has 8 nitrogen and oxygen atoms in total. The molecule has 1 saturated heterocycles. The Kier molecular flexibility index (Phi) is 8.08. The van der Waals surface area contributed by atoms with Gasteiger partial charge in [-0.1, -0.05) is 24.3 Å². The maximum absolute atomic E-state index is 12.6. The summed E-state index contributed by atoms with van der Waals surface area (Å²) in [5, 5.41) is 0.